The van der Waals surface area contributed by atoms with Gasteiger partial charge in [-0.25, -0.2) is 0 Å². The Labute approximate surface area is 342 Å². The first-order valence-corrected chi connectivity index (χ1v) is 24.5. The van der Waals surface area contributed by atoms with Crippen molar-refractivity contribution >= 4 is 17.9 Å². The predicted molar refractivity (Wildman–Crippen MR) is 233 cm³/mol. The largest absolute Gasteiger partial charge is 0.462 e. The van der Waals surface area contributed by atoms with E-state index in [4.69, 9.17) is 14.2 Å². The van der Waals surface area contributed by atoms with Gasteiger partial charge in [0, 0.05) is 19.3 Å². The maximum atomic E-state index is 12.7. The first-order valence-electron chi connectivity index (χ1n) is 24.5. The number of unbranched alkanes of at least 4 members (excludes halogenated alkanes) is 34. The quantitative estimate of drug-likeness (QED) is 0.0348. The van der Waals surface area contributed by atoms with Crippen LogP contribution in [-0.2, 0) is 28.6 Å². The first kappa shape index (κ1) is 53.4. The van der Waals surface area contributed by atoms with Crippen LogP contribution in [0, 0.1) is 0 Å². The summed E-state index contributed by atoms with van der Waals surface area (Å²) in [6.45, 7) is 6.59. The summed E-state index contributed by atoms with van der Waals surface area (Å²) in [5.74, 6) is -0.862. The molecule has 0 aromatic rings. The van der Waals surface area contributed by atoms with Gasteiger partial charge in [-0.05, 0) is 19.3 Å². The third kappa shape index (κ3) is 43.4. The van der Waals surface area contributed by atoms with E-state index in [0.29, 0.717) is 19.3 Å². The lowest BCUT2D eigenvalue weighted by Gasteiger charge is -2.18. The standard InChI is InChI=1S/C49H94O6/c1-4-7-10-13-15-17-19-21-22-23-24-25-26-27-28-30-31-33-36-39-42-48(51)54-45-46(44-53-47(50)41-38-35-12-9-6-3)55-49(52)43-40-37-34-32-29-20-18-16-14-11-8-5-2/h46H,4-45H2,1-3H3. The molecule has 55 heavy (non-hydrogen) atoms. The molecule has 0 bridgehead atoms. The van der Waals surface area contributed by atoms with Crippen molar-refractivity contribution in [2.24, 2.45) is 0 Å². The summed E-state index contributed by atoms with van der Waals surface area (Å²) in [4.78, 5) is 37.5. The summed E-state index contributed by atoms with van der Waals surface area (Å²) in [6.07, 6.45) is 47.0. The first-order chi connectivity index (χ1) is 27.0. The van der Waals surface area contributed by atoms with Crippen molar-refractivity contribution in [3.8, 4) is 0 Å². The molecule has 0 radical (unpaired) electrons. The molecule has 6 nitrogen and oxygen atoms in total. The Morgan fingerprint density at radius 3 is 0.727 bits per heavy atom. The Bertz CT molecular complexity index is 813. The summed E-state index contributed by atoms with van der Waals surface area (Å²) in [5, 5.41) is 0. The third-order valence-corrected chi connectivity index (χ3v) is 11.1. The van der Waals surface area contributed by atoms with Crippen LogP contribution in [0.15, 0.2) is 0 Å². The number of hydrogen-bond donors (Lipinski definition) is 0. The van der Waals surface area contributed by atoms with E-state index in [0.717, 1.165) is 64.2 Å². The van der Waals surface area contributed by atoms with Gasteiger partial charge in [0.05, 0.1) is 0 Å². The van der Waals surface area contributed by atoms with Crippen LogP contribution in [0.5, 0.6) is 0 Å². The molecule has 1 atom stereocenters. The highest BCUT2D eigenvalue weighted by Crippen LogP contribution is 2.16. The molecule has 326 valence electrons. The Hall–Kier alpha value is -1.59. The lowest BCUT2D eigenvalue weighted by molar-refractivity contribution is -0.167. The summed E-state index contributed by atoms with van der Waals surface area (Å²) >= 11 is 0. The Balaban J connectivity index is 4.07. The molecule has 0 aromatic heterocycles. The van der Waals surface area contributed by atoms with Crippen molar-refractivity contribution in [3.63, 3.8) is 0 Å². The average molecular weight is 779 g/mol. The van der Waals surface area contributed by atoms with E-state index in [1.54, 1.807) is 0 Å². The van der Waals surface area contributed by atoms with Crippen molar-refractivity contribution < 1.29 is 28.6 Å². The molecule has 0 aliphatic carbocycles. The van der Waals surface area contributed by atoms with Crippen molar-refractivity contribution in [2.75, 3.05) is 13.2 Å². The summed E-state index contributed by atoms with van der Waals surface area (Å²) < 4.78 is 16.6. The molecule has 0 spiro atoms. The topological polar surface area (TPSA) is 78.9 Å². The molecule has 6 heteroatoms. The zero-order valence-electron chi connectivity index (χ0n) is 37.2. The number of carbonyl (C=O) groups excluding carboxylic acids is 3. The van der Waals surface area contributed by atoms with E-state index in [1.165, 1.54) is 173 Å². The second-order valence-electron chi connectivity index (χ2n) is 16.7. The van der Waals surface area contributed by atoms with Crippen LogP contribution in [0.3, 0.4) is 0 Å². The summed E-state index contributed by atoms with van der Waals surface area (Å²) in [5.41, 5.74) is 0. The Morgan fingerprint density at radius 1 is 0.291 bits per heavy atom. The fraction of sp³-hybridized carbons (Fsp3) is 0.939. The minimum Gasteiger partial charge on any atom is -0.462 e. The van der Waals surface area contributed by atoms with Gasteiger partial charge in [0.2, 0.25) is 0 Å². The zero-order valence-corrected chi connectivity index (χ0v) is 37.2. The second-order valence-corrected chi connectivity index (χ2v) is 16.7. The maximum Gasteiger partial charge on any atom is 0.306 e. The highest BCUT2D eigenvalue weighted by molar-refractivity contribution is 5.71. The van der Waals surface area contributed by atoms with E-state index in [-0.39, 0.29) is 31.1 Å². The van der Waals surface area contributed by atoms with E-state index in [1.807, 2.05) is 0 Å². The monoisotopic (exact) mass is 779 g/mol. The molecule has 0 rings (SSSR count). The van der Waals surface area contributed by atoms with Gasteiger partial charge in [0.15, 0.2) is 6.10 Å². The van der Waals surface area contributed by atoms with Gasteiger partial charge in [-0.15, -0.1) is 0 Å². The Morgan fingerprint density at radius 2 is 0.491 bits per heavy atom. The molecular weight excluding hydrogens is 685 g/mol. The van der Waals surface area contributed by atoms with Gasteiger partial charge >= 0.3 is 17.9 Å². The number of esters is 3. The molecule has 0 amide bonds. The SMILES string of the molecule is CCCCCCCCCCCCCCCCCCCCCCC(=O)OCC(COC(=O)CCCCCCC)OC(=O)CCCCCCCCCCCCCC. The van der Waals surface area contributed by atoms with Gasteiger partial charge in [-0.2, -0.15) is 0 Å². The number of carbonyl (C=O) groups is 3. The zero-order chi connectivity index (χ0) is 40.1. The lowest BCUT2D eigenvalue weighted by Crippen LogP contribution is -2.30. The summed E-state index contributed by atoms with van der Waals surface area (Å²) in [7, 11) is 0. The van der Waals surface area contributed by atoms with Gasteiger partial charge in [0.25, 0.3) is 0 Å². The van der Waals surface area contributed by atoms with E-state index in [2.05, 4.69) is 20.8 Å². The van der Waals surface area contributed by atoms with Crippen molar-refractivity contribution in [2.45, 2.75) is 284 Å². The lowest BCUT2D eigenvalue weighted by atomic mass is 10.0. The van der Waals surface area contributed by atoms with Gasteiger partial charge in [0.1, 0.15) is 13.2 Å². The molecule has 0 aliphatic rings. The fourth-order valence-electron chi connectivity index (χ4n) is 7.38. The van der Waals surface area contributed by atoms with E-state index in [9.17, 15) is 14.4 Å². The molecule has 1 unspecified atom stereocenters. The van der Waals surface area contributed by atoms with Gasteiger partial charge < -0.3 is 14.2 Å². The van der Waals surface area contributed by atoms with Crippen LogP contribution in [0.2, 0.25) is 0 Å². The molecular formula is C49H94O6. The number of ether oxygens (including phenoxy) is 3. The number of rotatable bonds is 45. The smallest absolute Gasteiger partial charge is 0.306 e. The minimum absolute atomic E-state index is 0.0635. The maximum absolute atomic E-state index is 12.7. The van der Waals surface area contributed by atoms with Gasteiger partial charge in [-0.3, -0.25) is 14.4 Å². The van der Waals surface area contributed by atoms with E-state index >= 15 is 0 Å². The molecule has 0 N–H and O–H groups in total. The average Bonchev–Trinajstić information content (AvgIpc) is 3.18. The van der Waals surface area contributed by atoms with Crippen LogP contribution in [0.4, 0.5) is 0 Å². The van der Waals surface area contributed by atoms with Crippen molar-refractivity contribution in [1.82, 2.24) is 0 Å². The molecule has 0 aromatic carbocycles. The van der Waals surface area contributed by atoms with Crippen LogP contribution in [0.1, 0.15) is 278 Å². The van der Waals surface area contributed by atoms with Crippen LogP contribution in [0.25, 0.3) is 0 Å². The molecule has 0 saturated carbocycles. The van der Waals surface area contributed by atoms with Crippen molar-refractivity contribution in [3.05, 3.63) is 0 Å². The molecule has 0 fully saturated rings. The highest BCUT2D eigenvalue weighted by Gasteiger charge is 2.19. The third-order valence-electron chi connectivity index (χ3n) is 11.1. The normalized spacial score (nSPS) is 11.8. The van der Waals surface area contributed by atoms with E-state index < -0.39 is 6.10 Å². The van der Waals surface area contributed by atoms with Crippen molar-refractivity contribution in [1.29, 1.82) is 0 Å². The second kappa shape index (κ2) is 45.1. The number of hydrogen-bond acceptors (Lipinski definition) is 6. The molecule has 0 heterocycles. The minimum atomic E-state index is -0.757. The molecule has 0 saturated heterocycles. The summed E-state index contributed by atoms with van der Waals surface area (Å²) in [6, 6.07) is 0. The Kier molecular flexibility index (Phi) is 43.8. The van der Waals surface area contributed by atoms with Gasteiger partial charge in [-0.1, -0.05) is 239 Å². The predicted octanol–water partition coefficient (Wildman–Crippen LogP) is 15.6. The fourth-order valence-corrected chi connectivity index (χ4v) is 7.38. The molecule has 0 aliphatic heterocycles. The van der Waals surface area contributed by atoms with Crippen LogP contribution in [-0.4, -0.2) is 37.2 Å². The van der Waals surface area contributed by atoms with Crippen LogP contribution >= 0.6 is 0 Å². The highest BCUT2D eigenvalue weighted by atomic mass is 16.6. The van der Waals surface area contributed by atoms with Crippen LogP contribution < -0.4 is 0 Å².